The van der Waals surface area contributed by atoms with Crippen molar-refractivity contribution in [1.29, 1.82) is 0 Å². The number of carbonyl (C=O) groups excluding carboxylic acids is 1. The first-order chi connectivity index (χ1) is 9.69. The van der Waals surface area contributed by atoms with E-state index in [1.807, 2.05) is 36.4 Å². The number of amides is 1. The number of aliphatic hydroxyl groups is 1. The van der Waals surface area contributed by atoms with E-state index in [9.17, 15) is 4.79 Å². The van der Waals surface area contributed by atoms with Crippen LogP contribution in [-0.2, 0) is 4.79 Å². The third-order valence-electron chi connectivity index (χ3n) is 2.57. The highest BCUT2D eigenvalue weighted by molar-refractivity contribution is 7.16. The van der Waals surface area contributed by atoms with Gasteiger partial charge in [-0.2, -0.15) is 0 Å². The summed E-state index contributed by atoms with van der Waals surface area (Å²) in [5.41, 5.74) is 1.10. The molecule has 2 aromatic rings. The molecule has 0 spiro atoms. The zero-order valence-electron chi connectivity index (χ0n) is 10.7. The van der Waals surface area contributed by atoms with Crippen LogP contribution in [0.4, 0.5) is 0 Å². The monoisotopic (exact) mass is 307 g/mol. The Labute approximate surface area is 126 Å². The Morgan fingerprint density at radius 3 is 2.70 bits per heavy atom. The molecule has 20 heavy (non-hydrogen) atoms. The molecule has 2 N–H and O–H groups in total. The lowest BCUT2D eigenvalue weighted by Gasteiger charge is -1.97. The molecule has 0 radical (unpaired) electrons. The lowest BCUT2D eigenvalue weighted by molar-refractivity contribution is -0.116. The second-order valence-electron chi connectivity index (χ2n) is 4.06. The second-order valence-corrected chi connectivity index (χ2v) is 5.61. The number of thiophene rings is 1. The van der Waals surface area contributed by atoms with Crippen LogP contribution in [0.2, 0.25) is 5.02 Å². The van der Waals surface area contributed by atoms with Crippen molar-refractivity contribution in [2.45, 2.75) is 0 Å². The van der Waals surface area contributed by atoms with Gasteiger partial charge in [0.2, 0.25) is 5.91 Å². The standard InChI is InChI=1S/C15H14ClNO2S/c16-12-3-1-11(2-4-12)14-7-5-13(20-14)6-8-15(19)17-9-10-18/h1-8,18H,9-10H2,(H,17,19)/b8-6+. The first-order valence-electron chi connectivity index (χ1n) is 6.11. The van der Waals surface area contributed by atoms with Gasteiger partial charge in [0, 0.05) is 27.4 Å². The number of benzene rings is 1. The Morgan fingerprint density at radius 1 is 1.25 bits per heavy atom. The number of halogens is 1. The Balaban J connectivity index is 2.04. The molecule has 5 heteroatoms. The van der Waals surface area contributed by atoms with Crippen molar-refractivity contribution in [2.75, 3.05) is 13.2 Å². The van der Waals surface area contributed by atoms with Crippen molar-refractivity contribution >= 4 is 34.9 Å². The molecule has 0 saturated carbocycles. The third-order valence-corrected chi connectivity index (χ3v) is 3.92. The van der Waals surface area contributed by atoms with E-state index in [-0.39, 0.29) is 19.1 Å². The highest BCUT2D eigenvalue weighted by Crippen LogP contribution is 2.29. The fourth-order valence-electron chi connectivity index (χ4n) is 1.61. The molecular weight excluding hydrogens is 294 g/mol. The molecule has 0 fully saturated rings. The maximum absolute atomic E-state index is 11.4. The van der Waals surface area contributed by atoms with E-state index in [0.717, 1.165) is 15.3 Å². The summed E-state index contributed by atoms with van der Waals surface area (Å²) in [6.45, 7) is 0.211. The van der Waals surface area contributed by atoms with Gasteiger partial charge in [0.05, 0.1) is 6.61 Å². The van der Waals surface area contributed by atoms with Gasteiger partial charge in [0.1, 0.15) is 0 Å². The normalized spacial score (nSPS) is 10.9. The Kier molecular flexibility index (Phi) is 5.35. The van der Waals surface area contributed by atoms with Crippen LogP contribution < -0.4 is 5.32 Å². The summed E-state index contributed by atoms with van der Waals surface area (Å²) in [6.07, 6.45) is 3.23. The minimum atomic E-state index is -0.208. The number of aliphatic hydroxyl groups excluding tert-OH is 1. The molecule has 104 valence electrons. The maximum Gasteiger partial charge on any atom is 0.244 e. The van der Waals surface area contributed by atoms with Crippen LogP contribution in [0.5, 0.6) is 0 Å². The average molecular weight is 308 g/mol. The van der Waals surface area contributed by atoms with Gasteiger partial charge in [-0.25, -0.2) is 0 Å². The smallest absolute Gasteiger partial charge is 0.244 e. The molecule has 1 heterocycles. The van der Waals surface area contributed by atoms with Gasteiger partial charge in [-0.15, -0.1) is 11.3 Å². The van der Waals surface area contributed by atoms with E-state index in [2.05, 4.69) is 5.32 Å². The zero-order chi connectivity index (χ0) is 14.4. The summed E-state index contributed by atoms with van der Waals surface area (Å²) in [6, 6.07) is 11.6. The number of rotatable bonds is 5. The highest BCUT2D eigenvalue weighted by Gasteiger charge is 2.01. The molecule has 1 aromatic heterocycles. The molecule has 0 bridgehead atoms. The molecule has 0 aliphatic rings. The van der Waals surface area contributed by atoms with E-state index in [4.69, 9.17) is 16.7 Å². The maximum atomic E-state index is 11.4. The molecule has 0 aliphatic heterocycles. The lowest BCUT2D eigenvalue weighted by Crippen LogP contribution is -2.24. The van der Waals surface area contributed by atoms with Crippen molar-refractivity contribution in [1.82, 2.24) is 5.32 Å². The molecule has 2 rings (SSSR count). The number of nitrogens with one attached hydrogen (secondary N) is 1. The first kappa shape index (κ1) is 14.8. The van der Waals surface area contributed by atoms with Gasteiger partial charge in [-0.1, -0.05) is 23.7 Å². The second kappa shape index (κ2) is 7.24. The molecule has 3 nitrogen and oxygen atoms in total. The van der Waals surface area contributed by atoms with Crippen LogP contribution >= 0.6 is 22.9 Å². The van der Waals surface area contributed by atoms with Crippen LogP contribution in [0.15, 0.2) is 42.5 Å². The number of hydrogen-bond donors (Lipinski definition) is 2. The first-order valence-corrected chi connectivity index (χ1v) is 7.31. The fourth-order valence-corrected chi connectivity index (χ4v) is 2.65. The van der Waals surface area contributed by atoms with Crippen molar-refractivity contribution in [3.8, 4) is 10.4 Å². The topological polar surface area (TPSA) is 49.3 Å². The van der Waals surface area contributed by atoms with Crippen LogP contribution in [0.25, 0.3) is 16.5 Å². The molecule has 0 unspecified atom stereocenters. The van der Waals surface area contributed by atoms with Crippen molar-refractivity contribution in [2.24, 2.45) is 0 Å². The quantitative estimate of drug-likeness (QED) is 0.834. The summed E-state index contributed by atoms with van der Waals surface area (Å²) >= 11 is 7.46. The predicted molar refractivity (Wildman–Crippen MR) is 83.9 cm³/mol. The van der Waals surface area contributed by atoms with Crippen LogP contribution in [-0.4, -0.2) is 24.2 Å². The highest BCUT2D eigenvalue weighted by atomic mass is 35.5. The summed E-state index contributed by atoms with van der Waals surface area (Å²) in [5.74, 6) is -0.208. The summed E-state index contributed by atoms with van der Waals surface area (Å²) in [7, 11) is 0. The largest absolute Gasteiger partial charge is 0.395 e. The van der Waals surface area contributed by atoms with E-state index >= 15 is 0 Å². The van der Waals surface area contributed by atoms with Crippen molar-refractivity contribution in [3.05, 3.63) is 52.4 Å². The van der Waals surface area contributed by atoms with Gasteiger partial charge in [-0.3, -0.25) is 4.79 Å². The van der Waals surface area contributed by atoms with Gasteiger partial charge in [0.25, 0.3) is 0 Å². The predicted octanol–water partition coefficient (Wildman–Crippen LogP) is 3.19. The average Bonchev–Trinajstić information content (AvgIpc) is 2.92. The van der Waals surface area contributed by atoms with Crippen LogP contribution in [0, 0.1) is 0 Å². The van der Waals surface area contributed by atoms with Crippen molar-refractivity contribution in [3.63, 3.8) is 0 Å². The third kappa shape index (κ3) is 4.20. The molecule has 0 atom stereocenters. The van der Waals surface area contributed by atoms with Gasteiger partial charge in [-0.05, 0) is 35.9 Å². The van der Waals surface area contributed by atoms with Gasteiger partial charge >= 0.3 is 0 Å². The van der Waals surface area contributed by atoms with E-state index in [1.165, 1.54) is 6.08 Å². The SMILES string of the molecule is O=C(/C=C/c1ccc(-c2ccc(Cl)cc2)s1)NCCO. The zero-order valence-corrected chi connectivity index (χ0v) is 12.2. The summed E-state index contributed by atoms with van der Waals surface area (Å²) in [5, 5.41) is 11.9. The summed E-state index contributed by atoms with van der Waals surface area (Å²) in [4.78, 5) is 13.5. The molecule has 1 aromatic carbocycles. The van der Waals surface area contributed by atoms with Crippen molar-refractivity contribution < 1.29 is 9.90 Å². The molecule has 0 saturated heterocycles. The lowest BCUT2D eigenvalue weighted by atomic mass is 10.2. The molecule has 1 amide bonds. The number of hydrogen-bond acceptors (Lipinski definition) is 3. The minimum absolute atomic E-state index is 0.0563. The Morgan fingerprint density at radius 2 is 2.00 bits per heavy atom. The van der Waals surface area contributed by atoms with E-state index < -0.39 is 0 Å². The van der Waals surface area contributed by atoms with Crippen LogP contribution in [0.3, 0.4) is 0 Å². The molecular formula is C15H14ClNO2S. The number of carbonyl (C=O) groups is 1. The Hall–Kier alpha value is -1.62. The minimum Gasteiger partial charge on any atom is -0.395 e. The fraction of sp³-hybridized carbons (Fsp3) is 0.133. The van der Waals surface area contributed by atoms with E-state index in [1.54, 1.807) is 17.4 Å². The van der Waals surface area contributed by atoms with Gasteiger partial charge in [0.15, 0.2) is 0 Å². The Bertz CT molecular complexity index is 605. The van der Waals surface area contributed by atoms with Gasteiger partial charge < -0.3 is 10.4 Å². The van der Waals surface area contributed by atoms with E-state index in [0.29, 0.717) is 5.02 Å². The molecule has 0 aliphatic carbocycles. The summed E-state index contributed by atoms with van der Waals surface area (Å²) < 4.78 is 0. The van der Waals surface area contributed by atoms with Crippen LogP contribution in [0.1, 0.15) is 4.88 Å².